The van der Waals surface area contributed by atoms with Crippen molar-refractivity contribution in [3.8, 4) is 0 Å². The van der Waals surface area contributed by atoms with E-state index >= 15 is 4.39 Å². The first-order valence-electron chi connectivity index (χ1n) is 12.6. The summed E-state index contributed by atoms with van der Waals surface area (Å²) < 4.78 is 26.0. The average Bonchev–Trinajstić information content (AvgIpc) is 3.51. The molecule has 5 rings (SSSR count). The predicted molar refractivity (Wildman–Crippen MR) is 140 cm³/mol. The number of ether oxygens (including phenoxy) is 1. The number of halogens is 1. The van der Waals surface area contributed by atoms with Crippen molar-refractivity contribution in [3.05, 3.63) is 64.2 Å². The number of nitro groups is 1. The second-order valence-electron chi connectivity index (χ2n) is 9.77. The van der Waals surface area contributed by atoms with Crippen LogP contribution in [-0.4, -0.2) is 72.9 Å². The molecule has 1 aromatic heterocycles. The first-order chi connectivity index (χ1) is 18.7. The lowest BCUT2D eigenvalue weighted by Crippen LogP contribution is -2.48. The third kappa shape index (κ3) is 5.75. The molecule has 1 amide bonds. The summed E-state index contributed by atoms with van der Waals surface area (Å²) in [4.78, 5) is 52.0. The molecule has 2 saturated heterocycles. The fraction of sp³-hybridized carbons (Fsp3) is 0.370. The number of Topliss-reactive ketones (excluding diaryl/α,β-unsaturated/α-hetero) is 2. The van der Waals surface area contributed by atoms with Crippen LogP contribution in [0.4, 0.5) is 26.2 Å². The molecule has 0 radical (unpaired) electrons. The normalized spacial score (nSPS) is 18.0. The molecule has 0 unspecified atom stereocenters. The van der Waals surface area contributed by atoms with Crippen LogP contribution in [-0.2, 0) is 9.53 Å². The van der Waals surface area contributed by atoms with Crippen molar-refractivity contribution in [2.24, 2.45) is 0 Å². The summed E-state index contributed by atoms with van der Waals surface area (Å²) in [6.45, 7) is 3.89. The van der Waals surface area contributed by atoms with Gasteiger partial charge in [-0.3, -0.25) is 24.7 Å². The van der Waals surface area contributed by atoms with Gasteiger partial charge in [0.1, 0.15) is 23.3 Å². The Hall–Kier alpha value is -4.32. The minimum absolute atomic E-state index is 0.0205. The molecule has 0 spiro atoms. The van der Waals surface area contributed by atoms with Crippen LogP contribution in [0.5, 0.6) is 0 Å². The highest BCUT2D eigenvalue weighted by Gasteiger charge is 2.33. The molecule has 1 atom stereocenters. The van der Waals surface area contributed by atoms with E-state index in [9.17, 15) is 24.5 Å². The van der Waals surface area contributed by atoms with E-state index in [0.717, 1.165) is 0 Å². The zero-order valence-electron chi connectivity index (χ0n) is 21.3. The summed E-state index contributed by atoms with van der Waals surface area (Å²) in [5.74, 6) is -0.545. The summed E-state index contributed by atoms with van der Waals surface area (Å²) in [5, 5.41) is 11.5. The molecule has 2 aliphatic rings. The third-order valence-electron chi connectivity index (χ3n) is 7.00. The van der Waals surface area contributed by atoms with Crippen molar-refractivity contribution >= 4 is 45.7 Å². The van der Waals surface area contributed by atoms with Gasteiger partial charge in [-0.1, -0.05) is 0 Å². The van der Waals surface area contributed by atoms with E-state index in [0.29, 0.717) is 61.4 Å². The molecule has 39 heavy (non-hydrogen) atoms. The van der Waals surface area contributed by atoms with E-state index in [1.54, 1.807) is 12.1 Å². The van der Waals surface area contributed by atoms with E-state index in [1.807, 2.05) is 9.80 Å². The van der Waals surface area contributed by atoms with Crippen LogP contribution in [0.3, 0.4) is 0 Å². The van der Waals surface area contributed by atoms with Crippen molar-refractivity contribution < 1.29 is 32.9 Å². The number of ketones is 2. The number of hydrogen-bond donors (Lipinski definition) is 0. The first kappa shape index (κ1) is 26.3. The maximum atomic E-state index is 15.1. The Morgan fingerprint density at radius 2 is 1.87 bits per heavy atom. The van der Waals surface area contributed by atoms with Gasteiger partial charge in [-0.15, -0.1) is 0 Å². The third-order valence-corrected chi connectivity index (χ3v) is 7.00. The lowest BCUT2D eigenvalue weighted by Gasteiger charge is -2.35. The van der Waals surface area contributed by atoms with Crippen molar-refractivity contribution in [1.29, 1.82) is 0 Å². The first-order valence-corrected chi connectivity index (χ1v) is 12.6. The molecular weight excluding hydrogens is 511 g/mol. The fourth-order valence-corrected chi connectivity index (χ4v) is 4.88. The number of fused-ring (bicyclic) bond motifs is 1. The molecule has 2 aromatic carbocycles. The van der Waals surface area contributed by atoms with Crippen molar-refractivity contribution in [3.63, 3.8) is 0 Å². The molecule has 0 saturated carbocycles. The molecule has 0 bridgehead atoms. The van der Waals surface area contributed by atoms with Crippen LogP contribution >= 0.6 is 0 Å². The number of furan rings is 1. The monoisotopic (exact) mass is 538 g/mol. The Morgan fingerprint density at radius 1 is 1.10 bits per heavy atom. The van der Waals surface area contributed by atoms with Crippen molar-refractivity contribution in [2.45, 2.75) is 25.9 Å². The molecule has 2 aliphatic heterocycles. The van der Waals surface area contributed by atoms with Crippen LogP contribution in [0.25, 0.3) is 11.0 Å². The topological polar surface area (TPSA) is 126 Å². The molecule has 3 aromatic rings. The van der Waals surface area contributed by atoms with Gasteiger partial charge < -0.3 is 18.8 Å². The van der Waals surface area contributed by atoms with E-state index in [2.05, 4.69) is 0 Å². The summed E-state index contributed by atoms with van der Waals surface area (Å²) in [6, 6.07) is 10.3. The number of anilines is 2. The highest BCUT2D eigenvalue weighted by molar-refractivity contribution is 5.99. The SMILES string of the molecule is CC(=O)CC[C@H]1CN(c2ccc(N3CCN(CC(=O)c4cc5cc([N+](=O)[O-])ccc5o4)CC3)c(F)c2)C(=O)O1. The standard InChI is InChI=1S/C27H27FN4O7/c1-17(33)2-5-21-15-31(27(35)38-21)19-3-6-23(22(28)14-19)30-10-8-29(9-11-30)16-24(34)26-13-18-12-20(32(36)37)4-7-25(18)39-26/h3-4,6-7,12-14,21H,2,5,8-11,15-16H2,1H3/t21-/m0/s1. The average molecular weight is 539 g/mol. The number of nitrogens with zero attached hydrogens (tertiary/aromatic N) is 4. The number of piperazine rings is 1. The smallest absolute Gasteiger partial charge is 0.414 e. The van der Waals surface area contributed by atoms with E-state index in [-0.39, 0.29) is 36.1 Å². The van der Waals surface area contributed by atoms with Gasteiger partial charge in [0.2, 0.25) is 5.78 Å². The maximum Gasteiger partial charge on any atom is 0.414 e. The van der Waals surface area contributed by atoms with Crippen molar-refractivity contribution in [1.82, 2.24) is 4.90 Å². The van der Waals surface area contributed by atoms with Crippen LogP contribution < -0.4 is 9.80 Å². The fourth-order valence-electron chi connectivity index (χ4n) is 4.88. The molecule has 2 fully saturated rings. The van der Waals surface area contributed by atoms with E-state index in [4.69, 9.17) is 9.15 Å². The minimum atomic E-state index is -0.559. The lowest BCUT2D eigenvalue weighted by atomic mass is 10.1. The number of carbonyl (C=O) groups excluding carboxylic acids is 3. The minimum Gasteiger partial charge on any atom is -0.453 e. The Labute approximate surface area is 222 Å². The molecule has 3 heterocycles. The number of hydrogen-bond acceptors (Lipinski definition) is 9. The van der Waals surface area contributed by atoms with Crippen LogP contribution in [0.1, 0.15) is 30.3 Å². The summed E-state index contributed by atoms with van der Waals surface area (Å²) >= 11 is 0. The van der Waals surface area contributed by atoms with Gasteiger partial charge in [-0.05, 0) is 43.7 Å². The van der Waals surface area contributed by atoms with Gasteiger partial charge >= 0.3 is 6.09 Å². The second kappa shape index (κ2) is 10.8. The second-order valence-corrected chi connectivity index (χ2v) is 9.77. The largest absolute Gasteiger partial charge is 0.453 e. The van der Waals surface area contributed by atoms with Gasteiger partial charge in [0, 0.05) is 50.1 Å². The predicted octanol–water partition coefficient (Wildman–Crippen LogP) is 4.18. The van der Waals surface area contributed by atoms with Gasteiger partial charge in [0.15, 0.2) is 5.76 Å². The number of benzene rings is 2. The van der Waals surface area contributed by atoms with E-state index < -0.39 is 22.9 Å². The Balaban J connectivity index is 1.17. The van der Waals surface area contributed by atoms with Gasteiger partial charge in [-0.25, -0.2) is 9.18 Å². The number of rotatable bonds is 9. The summed E-state index contributed by atoms with van der Waals surface area (Å²) in [5.41, 5.74) is 1.13. The molecule has 11 nitrogen and oxygen atoms in total. The maximum absolute atomic E-state index is 15.1. The van der Waals surface area contributed by atoms with Gasteiger partial charge in [-0.2, -0.15) is 0 Å². The molecule has 12 heteroatoms. The van der Waals surface area contributed by atoms with Gasteiger partial charge in [0.25, 0.3) is 5.69 Å². The highest BCUT2D eigenvalue weighted by atomic mass is 19.1. The van der Waals surface area contributed by atoms with Crippen molar-refractivity contribution in [2.75, 3.05) is 49.1 Å². The zero-order chi connectivity index (χ0) is 27.7. The van der Waals surface area contributed by atoms with Crippen LogP contribution in [0.15, 0.2) is 46.9 Å². The molecule has 204 valence electrons. The lowest BCUT2D eigenvalue weighted by molar-refractivity contribution is -0.384. The number of amides is 1. The number of cyclic esters (lactones) is 1. The van der Waals surface area contributed by atoms with Crippen LogP contribution in [0.2, 0.25) is 0 Å². The number of carbonyl (C=O) groups is 3. The number of nitro benzene ring substituents is 1. The summed E-state index contributed by atoms with van der Waals surface area (Å²) in [6.07, 6.45) is -0.210. The Morgan fingerprint density at radius 3 is 2.56 bits per heavy atom. The number of non-ortho nitro benzene ring substituents is 1. The highest BCUT2D eigenvalue weighted by Crippen LogP contribution is 2.30. The Kier molecular flexibility index (Phi) is 7.29. The van der Waals surface area contributed by atoms with Crippen LogP contribution in [0, 0.1) is 15.9 Å². The van der Waals surface area contributed by atoms with E-state index in [1.165, 1.54) is 42.2 Å². The zero-order valence-corrected chi connectivity index (χ0v) is 21.3. The molecule has 0 N–H and O–H groups in total. The van der Waals surface area contributed by atoms with Gasteiger partial charge in [0.05, 0.1) is 29.4 Å². The summed E-state index contributed by atoms with van der Waals surface area (Å²) in [7, 11) is 0. The quantitative estimate of drug-likeness (QED) is 0.224. The molecular formula is C27H27FN4O7. The molecule has 0 aliphatic carbocycles. The Bertz CT molecular complexity index is 1450.